The number of halogens is 1. The van der Waals surface area contributed by atoms with Crippen LogP contribution < -0.4 is 5.32 Å². The molecule has 5 rings (SSSR count). The van der Waals surface area contributed by atoms with Crippen molar-refractivity contribution in [3.63, 3.8) is 0 Å². The van der Waals surface area contributed by atoms with Gasteiger partial charge in [0.25, 0.3) is 0 Å². The van der Waals surface area contributed by atoms with Gasteiger partial charge < -0.3 is 5.32 Å². The minimum Gasteiger partial charge on any atom is -0.364 e. The number of piperidine rings is 3. The van der Waals surface area contributed by atoms with Crippen LogP contribution in [0.15, 0.2) is 30.3 Å². The summed E-state index contributed by atoms with van der Waals surface area (Å²) in [6.07, 6.45) is 2.50. The molecule has 2 bridgehead atoms. The highest BCUT2D eigenvalue weighted by molar-refractivity contribution is 5.60. The first-order chi connectivity index (χ1) is 11.6. The van der Waals surface area contributed by atoms with E-state index in [9.17, 15) is 4.39 Å². The molecule has 2 aromatic rings. The van der Waals surface area contributed by atoms with Crippen LogP contribution in [-0.2, 0) is 0 Å². The number of hydrogen-bond donors (Lipinski definition) is 1. The number of aryl methyl sites for hydroxylation is 1. The monoisotopic (exact) mass is 326 g/mol. The van der Waals surface area contributed by atoms with Gasteiger partial charge in [-0.2, -0.15) is 0 Å². The largest absolute Gasteiger partial charge is 0.364 e. The summed E-state index contributed by atoms with van der Waals surface area (Å²) in [4.78, 5) is 2.54. The van der Waals surface area contributed by atoms with Crippen LogP contribution in [0.5, 0.6) is 0 Å². The van der Waals surface area contributed by atoms with E-state index in [4.69, 9.17) is 0 Å². The Morgan fingerprint density at radius 3 is 2.54 bits per heavy atom. The van der Waals surface area contributed by atoms with Crippen molar-refractivity contribution in [1.82, 2.24) is 15.1 Å². The standard InChI is InChI=1S/C19H23FN4/c1-12-3-4-15(16(20)11-12)17-5-6-18(23-22-17)21-19-13(2)24-9-7-14(19)8-10-24/h3-6,11,13-14,19H,7-10H2,1-2H3,(H,21,23)/t13-,19-/m1/s1. The number of rotatable bonds is 3. The lowest BCUT2D eigenvalue weighted by Gasteiger charge is -2.50. The quantitative estimate of drug-likeness (QED) is 0.937. The fraction of sp³-hybridized carbons (Fsp3) is 0.474. The smallest absolute Gasteiger partial charge is 0.148 e. The average molecular weight is 326 g/mol. The van der Waals surface area contributed by atoms with E-state index in [-0.39, 0.29) is 5.82 Å². The molecule has 5 heteroatoms. The Hall–Kier alpha value is -2.01. The van der Waals surface area contributed by atoms with Gasteiger partial charge in [-0.15, -0.1) is 10.2 Å². The van der Waals surface area contributed by atoms with Crippen molar-refractivity contribution < 1.29 is 4.39 Å². The fourth-order valence-corrected chi connectivity index (χ4v) is 4.10. The molecule has 1 aromatic carbocycles. The second kappa shape index (κ2) is 6.13. The molecule has 0 unspecified atom stereocenters. The molecule has 0 amide bonds. The van der Waals surface area contributed by atoms with Gasteiger partial charge in [0.2, 0.25) is 0 Å². The third-order valence-electron chi connectivity index (χ3n) is 5.56. The maximum atomic E-state index is 14.1. The van der Waals surface area contributed by atoms with Gasteiger partial charge in [0.1, 0.15) is 11.6 Å². The predicted molar refractivity (Wildman–Crippen MR) is 93.3 cm³/mol. The third kappa shape index (κ3) is 2.77. The van der Waals surface area contributed by atoms with Crippen LogP contribution in [0.2, 0.25) is 0 Å². The zero-order chi connectivity index (χ0) is 16.7. The van der Waals surface area contributed by atoms with E-state index in [1.807, 2.05) is 25.1 Å². The van der Waals surface area contributed by atoms with E-state index in [1.165, 1.54) is 32.0 Å². The van der Waals surface area contributed by atoms with Crippen LogP contribution in [0.4, 0.5) is 10.2 Å². The molecule has 0 saturated carbocycles. The van der Waals surface area contributed by atoms with Crippen LogP contribution in [0, 0.1) is 18.7 Å². The van der Waals surface area contributed by atoms with Crippen LogP contribution in [0.3, 0.4) is 0 Å². The molecule has 1 aromatic heterocycles. The molecule has 4 nitrogen and oxygen atoms in total. The Morgan fingerprint density at radius 1 is 1.12 bits per heavy atom. The molecule has 3 aliphatic heterocycles. The number of nitrogens with zero attached hydrogens (tertiary/aromatic N) is 3. The highest BCUT2D eigenvalue weighted by Crippen LogP contribution is 2.33. The summed E-state index contributed by atoms with van der Waals surface area (Å²) in [6.45, 7) is 6.58. The topological polar surface area (TPSA) is 41.0 Å². The number of anilines is 1. The second-order valence-electron chi connectivity index (χ2n) is 7.07. The number of aromatic nitrogens is 2. The van der Waals surface area contributed by atoms with Gasteiger partial charge in [0.05, 0.1) is 5.69 Å². The molecular weight excluding hydrogens is 303 g/mol. The van der Waals surface area contributed by atoms with E-state index in [0.29, 0.717) is 29.3 Å². The van der Waals surface area contributed by atoms with Crippen LogP contribution in [0.25, 0.3) is 11.3 Å². The van der Waals surface area contributed by atoms with E-state index in [1.54, 1.807) is 6.07 Å². The molecule has 4 heterocycles. The SMILES string of the molecule is Cc1ccc(-c2ccc(N[C@H]3C4CCN(CC4)[C@@H]3C)nn2)c(F)c1. The Morgan fingerprint density at radius 2 is 1.92 bits per heavy atom. The first kappa shape index (κ1) is 15.5. The summed E-state index contributed by atoms with van der Waals surface area (Å²) in [6, 6.07) is 9.87. The van der Waals surface area contributed by atoms with Gasteiger partial charge in [-0.05, 0) is 75.5 Å². The van der Waals surface area contributed by atoms with E-state index in [0.717, 1.165) is 11.4 Å². The van der Waals surface area contributed by atoms with Gasteiger partial charge in [0.15, 0.2) is 0 Å². The molecule has 2 atom stereocenters. The average Bonchev–Trinajstić information content (AvgIpc) is 2.59. The number of hydrogen-bond acceptors (Lipinski definition) is 4. The van der Waals surface area contributed by atoms with Crippen molar-refractivity contribution in [3.8, 4) is 11.3 Å². The van der Waals surface area contributed by atoms with Gasteiger partial charge in [-0.1, -0.05) is 6.07 Å². The summed E-state index contributed by atoms with van der Waals surface area (Å²) < 4.78 is 14.1. The Bertz CT molecular complexity index is 721. The number of nitrogens with one attached hydrogen (secondary N) is 1. The normalized spacial score (nSPS) is 28.8. The molecule has 0 spiro atoms. The van der Waals surface area contributed by atoms with Gasteiger partial charge in [0, 0.05) is 17.6 Å². The van der Waals surface area contributed by atoms with Crippen molar-refractivity contribution >= 4 is 5.82 Å². The van der Waals surface area contributed by atoms with Crippen molar-refractivity contribution in [2.75, 3.05) is 18.4 Å². The van der Waals surface area contributed by atoms with Gasteiger partial charge in [-0.25, -0.2) is 4.39 Å². The van der Waals surface area contributed by atoms with E-state index < -0.39 is 0 Å². The second-order valence-corrected chi connectivity index (χ2v) is 7.07. The summed E-state index contributed by atoms with van der Waals surface area (Å²) in [5.74, 6) is 1.23. The molecule has 0 aliphatic carbocycles. The molecule has 0 radical (unpaired) electrons. The number of benzene rings is 1. The first-order valence-electron chi connectivity index (χ1n) is 8.72. The summed E-state index contributed by atoms with van der Waals surface area (Å²) in [5.41, 5.74) is 1.97. The zero-order valence-electron chi connectivity index (χ0n) is 14.2. The predicted octanol–water partition coefficient (Wildman–Crippen LogP) is 3.49. The summed E-state index contributed by atoms with van der Waals surface area (Å²) >= 11 is 0. The number of fused-ring (bicyclic) bond motifs is 3. The lowest BCUT2D eigenvalue weighted by Crippen LogP contribution is -2.59. The fourth-order valence-electron chi connectivity index (χ4n) is 4.10. The first-order valence-corrected chi connectivity index (χ1v) is 8.72. The van der Waals surface area contributed by atoms with Crippen molar-refractivity contribution in [1.29, 1.82) is 0 Å². The summed E-state index contributed by atoms with van der Waals surface area (Å²) in [5, 5.41) is 12.1. The Kier molecular flexibility index (Phi) is 3.96. The van der Waals surface area contributed by atoms with Crippen molar-refractivity contribution in [2.45, 2.75) is 38.8 Å². The van der Waals surface area contributed by atoms with Gasteiger partial charge >= 0.3 is 0 Å². The van der Waals surface area contributed by atoms with Gasteiger partial charge in [-0.3, -0.25) is 4.90 Å². The van der Waals surface area contributed by atoms with Crippen LogP contribution in [0.1, 0.15) is 25.3 Å². The molecule has 1 N–H and O–H groups in total. The molecule has 3 aliphatic rings. The van der Waals surface area contributed by atoms with E-state index in [2.05, 4.69) is 27.3 Å². The lowest BCUT2D eigenvalue weighted by molar-refractivity contribution is 0.0457. The molecule has 3 fully saturated rings. The van der Waals surface area contributed by atoms with E-state index >= 15 is 0 Å². The Balaban J connectivity index is 1.52. The molecule has 126 valence electrons. The summed E-state index contributed by atoms with van der Waals surface area (Å²) in [7, 11) is 0. The zero-order valence-corrected chi connectivity index (χ0v) is 14.2. The van der Waals surface area contributed by atoms with Crippen molar-refractivity contribution in [3.05, 3.63) is 41.7 Å². The maximum absolute atomic E-state index is 14.1. The highest BCUT2D eigenvalue weighted by atomic mass is 19.1. The minimum absolute atomic E-state index is 0.254. The maximum Gasteiger partial charge on any atom is 0.148 e. The molecule has 3 saturated heterocycles. The molecule has 24 heavy (non-hydrogen) atoms. The third-order valence-corrected chi connectivity index (χ3v) is 5.56. The molecular formula is C19H23FN4. The highest BCUT2D eigenvalue weighted by Gasteiger charge is 2.39. The lowest BCUT2D eigenvalue weighted by atomic mass is 9.79. The van der Waals surface area contributed by atoms with Crippen molar-refractivity contribution in [2.24, 2.45) is 5.92 Å². The van der Waals surface area contributed by atoms with Crippen LogP contribution >= 0.6 is 0 Å². The Labute approximate surface area is 142 Å². The minimum atomic E-state index is -0.254. The van der Waals surface area contributed by atoms with Crippen LogP contribution in [-0.4, -0.2) is 40.3 Å².